The number of hydrogen-bond donors (Lipinski definition) is 1. The zero-order valence-electron chi connectivity index (χ0n) is 13.4. The first-order chi connectivity index (χ1) is 11.2. The highest BCUT2D eigenvalue weighted by molar-refractivity contribution is 7.17. The van der Waals surface area contributed by atoms with E-state index >= 15 is 0 Å². The average molecular weight is 326 g/mol. The molecule has 3 nitrogen and oxygen atoms in total. The van der Waals surface area contributed by atoms with Gasteiger partial charge in [0.05, 0.1) is 4.88 Å². The lowest BCUT2D eigenvalue weighted by Crippen LogP contribution is -2.46. The van der Waals surface area contributed by atoms with Crippen molar-refractivity contribution in [2.24, 2.45) is 5.92 Å². The van der Waals surface area contributed by atoms with Crippen molar-refractivity contribution in [2.45, 2.75) is 25.8 Å². The normalized spacial score (nSPS) is 26.2. The van der Waals surface area contributed by atoms with Crippen LogP contribution in [0.5, 0.6) is 0 Å². The van der Waals surface area contributed by atoms with Gasteiger partial charge in [-0.05, 0) is 55.5 Å². The van der Waals surface area contributed by atoms with Crippen LogP contribution >= 0.6 is 11.3 Å². The van der Waals surface area contributed by atoms with Gasteiger partial charge in [0.2, 0.25) is 0 Å². The second-order valence-electron chi connectivity index (χ2n) is 6.80. The maximum Gasteiger partial charge on any atom is 0.261 e. The van der Waals surface area contributed by atoms with Crippen LogP contribution in [0.3, 0.4) is 0 Å². The number of benzene rings is 1. The summed E-state index contributed by atoms with van der Waals surface area (Å²) in [5, 5.41) is 3.25. The van der Waals surface area contributed by atoms with Crippen molar-refractivity contribution >= 4 is 17.2 Å². The summed E-state index contributed by atoms with van der Waals surface area (Å²) in [6.07, 6.45) is 2.43. The summed E-state index contributed by atoms with van der Waals surface area (Å²) in [6, 6.07) is 12.7. The lowest BCUT2D eigenvalue weighted by atomic mass is 9.97. The molecule has 23 heavy (non-hydrogen) atoms. The van der Waals surface area contributed by atoms with E-state index in [-0.39, 0.29) is 5.91 Å². The fourth-order valence-corrected chi connectivity index (χ4v) is 4.87. The Morgan fingerprint density at radius 1 is 1.22 bits per heavy atom. The zero-order chi connectivity index (χ0) is 15.8. The second-order valence-corrected chi connectivity index (χ2v) is 7.88. The molecule has 3 heterocycles. The van der Waals surface area contributed by atoms with Crippen LogP contribution in [-0.4, -0.2) is 36.5 Å². The molecular weight excluding hydrogens is 304 g/mol. The minimum absolute atomic E-state index is 0.0855. The van der Waals surface area contributed by atoms with Crippen molar-refractivity contribution in [2.75, 3.05) is 19.6 Å². The van der Waals surface area contributed by atoms with Gasteiger partial charge in [-0.2, -0.15) is 0 Å². The number of amides is 1. The Kier molecular flexibility index (Phi) is 3.95. The Morgan fingerprint density at radius 3 is 2.91 bits per heavy atom. The molecule has 1 unspecified atom stereocenters. The maximum absolute atomic E-state index is 12.6. The van der Waals surface area contributed by atoms with Gasteiger partial charge in [0.1, 0.15) is 0 Å². The predicted molar refractivity (Wildman–Crippen MR) is 94.9 cm³/mol. The number of rotatable bonds is 3. The van der Waals surface area contributed by atoms with Crippen molar-refractivity contribution in [3.05, 3.63) is 46.8 Å². The summed E-state index contributed by atoms with van der Waals surface area (Å²) in [5.74, 6) is 0.863. The average Bonchev–Trinajstić information content (AvgIpc) is 3.15. The van der Waals surface area contributed by atoms with Gasteiger partial charge in [0.25, 0.3) is 5.91 Å². The largest absolute Gasteiger partial charge is 0.347 e. The molecule has 0 radical (unpaired) electrons. The number of carbonyl (C=O) groups excluding carboxylic acids is 1. The Hall–Kier alpha value is -1.65. The first kappa shape index (κ1) is 14.9. The van der Waals surface area contributed by atoms with Crippen LogP contribution in [-0.2, 0) is 0 Å². The first-order valence-electron chi connectivity index (χ1n) is 8.38. The molecule has 4 rings (SSSR count). The molecule has 2 aliphatic heterocycles. The number of fused-ring (bicyclic) bond motifs is 2. The standard InChI is InChI=1S/C19H22N2OS/c1-13-4-2-3-5-16(13)17-6-7-18(23-17)19(22)20-15-10-14-8-9-21(11-14)12-15/h2-7,14-15H,8-12H2,1H3,(H,20,22)/t14-,15-/m1/s1. The molecule has 2 saturated heterocycles. The van der Waals surface area contributed by atoms with Crippen LogP contribution in [0.1, 0.15) is 28.1 Å². The summed E-state index contributed by atoms with van der Waals surface area (Å²) in [7, 11) is 0. The monoisotopic (exact) mass is 326 g/mol. The number of thiophene rings is 1. The molecule has 2 bridgehead atoms. The molecule has 4 heteroatoms. The molecule has 120 valence electrons. The number of hydrogen-bond acceptors (Lipinski definition) is 3. The van der Waals surface area contributed by atoms with Crippen LogP contribution in [0, 0.1) is 12.8 Å². The highest BCUT2D eigenvalue weighted by Gasteiger charge is 2.33. The Morgan fingerprint density at radius 2 is 2.09 bits per heavy atom. The van der Waals surface area contributed by atoms with E-state index in [1.807, 2.05) is 18.2 Å². The quantitative estimate of drug-likeness (QED) is 0.935. The predicted octanol–water partition coefficient (Wildman–Crippen LogP) is 3.55. The van der Waals surface area contributed by atoms with Crippen molar-refractivity contribution in [3.63, 3.8) is 0 Å². The smallest absolute Gasteiger partial charge is 0.261 e. The van der Waals surface area contributed by atoms with Crippen molar-refractivity contribution < 1.29 is 4.79 Å². The molecule has 2 fully saturated rings. The molecule has 2 aromatic rings. The maximum atomic E-state index is 12.6. The zero-order valence-corrected chi connectivity index (χ0v) is 14.2. The van der Waals surface area contributed by atoms with Gasteiger partial charge in [0, 0.05) is 24.0 Å². The summed E-state index contributed by atoms with van der Waals surface area (Å²) >= 11 is 1.59. The summed E-state index contributed by atoms with van der Waals surface area (Å²) in [4.78, 5) is 17.0. The summed E-state index contributed by atoms with van der Waals surface area (Å²) < 4.78 is 0. The van der Waals surface area contributed by atoms with E-state index in [4.69, 9.17) is 0 Å². The molecule has 0 saturated carbocycles. The van der Waals surface area contributed by atoms with E-state index in [2.05, 4.69) is 35.3 Å². The molecule has 0 aliphatic carbocycles. The first-order valence-corrected chi connectivity index (χ1v) is 9.20. The second kappa shape index (κ2) is 6.10. The topological polar surface area (TPSA) is 32.3 Å². The Balaban J connectivity index is 1.46. The van der Waals surface area contributed by atoms with E-state index < -0.39 is 0 Å². The fourth-order valence-electron chi connectivity index (χ4n) is 3.87. The lowest BCUT2D eigenvalue weighted by Gasteiger charge is -2.30. The number of nitrogens with one attached hydrogen (secondary N) is 1. The van der Waals surface area contributed by atoms with Gasteiger partial charge in [-0.15, -0.1) is 11.3 Å². The SMILES string of the molecule is Cc1ccccc1-c1ccc(C(=O)N[C@@H]2C[C@H]3CCN(C3)C2)s1. The van der Waals surface area contributed by atoms with Crippen LogP contribution in [0.25, 0.3) is 10.4 Å². The number of piperidine rings is 1. The minimum atomic E-state index is 0.0855. The molecule has 1 amide bonds. The Labute approximate surface area is 141 Å². The summed E-state index contributed by atoms with van der Waals surface area (Å²) in [6.45, 7) is 5.55. The number of nitrogens with zero attached hydrogens (tertiary/aromatic N) is 1. The van der Waals surface area contributed by atoms with Gasteiger partial charge < -0.3 is 10.2 Å². The minimum Gasteiger partial charge on any atom is -0.347 e. The molecular formula is C19H22N2OS. The Bertz CT molecular complexity index is 712. The highest BCUT2D eigenvalue weighted by Crippen LogP contribution is 2.31. The molecule has 2 aliphatic rings. The fraction of sp³-hybridized carbons (Fsp3) is 0.421. The van der Waals surface area contributed by atoms with E-state index in [1.165, 1.54) is 35.5 Å². The van der Waals surface area contributed by atoms with E-state index in [0.29, 0.717) is 6.04 Å². The lowest BCUT2D eigenvalue weighted by molar-refractivity contribution is 0.0913. The third kappa shape index (κ3) is 3.06. The third-order valence-electron chi connectivity index (χ3n) is 5.04. The third-order valence-corrected chi connectivity index (χ3v) is 6.16. The molecule has 0 spiro atoms. The molecule has 3 atom stereocenters. The highest BCUT2D eigenvalue weighted by atomic mass is 32.1. The van der Waals surface area contributed by atoms with Gasteiger partial charge in [-0.25, -0.2) is 0 Å². The van der Waals surface area contributed by atoms with Crippen LogP contribution in [0.2, 0.25) is 0 Å². The molecule has 1 N–H and O–H groups in total. The van der Waals surface area contributed by atoms with Crippen LogP contribution in [0.4, 0.5) is 0 Å². The molecule has 1 aromatic heterocycles. The van der Waals surface area contributed by atoms with Crippen LogP contribution < -0.4 is 5.32 Å². The summed E-state index contributed by atoms with van der Waals surface area (Å²) in [5.41, 5.74) is 2.47. The van der Waals surface area contributed by atoms with Crippen molar-refractivity contribution in [1.29, 1.82) is 0 Å². The molecule has 1 aromatic carbocycles. The van der Waals surface area contributed by atoms with E-state index in [9.17, 15) is 4.79 Å². The number of carbonyl (C=O) groups is 1. The van der Waals surface area contributed by atoms with Crippen LogP contribution in [0.15, 0.2) is 36.4 Å². The van der Waals surface area contributed by atoms with E-state index in [0.717, 1.165) is 23.8 Å². The van der Waals surface area contributed by atoms with Crippen molar-refractivity contribution in [1.82, 2.24) is 10.2 Å². The van der Waals surface area contributed by atoms with Gasteiger partial charge >= 0.3 is 0 Å². The van der Waals surface area contributed by atoms with E-state index in [1.54, 1.807) is 11.3 Å². The van der Waals surface area contributed by atoms with Gasteiger partial charge in [0.15, 0.2) is 0 Å². The van der Waals surface area contributed by atoms with Gasteiger partial charge in [-0.1, -0.05) is 24.3 Å². The van der Waals surface area contributed by atoms with Gasteiger partial charge in [-0.3, -0.25) is 4.79 Å². The number of aryl methyl sites for hydroxylation is 1. The van der Waals surface area contributed by atoms with Crippen molar-refractivity contribution in [3.8, 4) is 10.4 Å².